The predicted molar refractivity (Wildman–Crippen MR) is 74.5 cm³/mol. The second-order valence-electron chi connectivity index (χ2n) is 4.07. The highest BCUT2D eigenvalue weighted by Crippen LogP contribution is 2.24. The minimum atomic E-state index is -4.05. The molecule has 0 unspecified atom stereocenters. The van der Waals surface area contributed by atoms with Gasteiger partial charge in [0.1, 0.15) is 10.7 Å². The van der Waals surface area contributed by atoms with Gasteiger partial charge in [-0.05, 0) is 24.3 Å². The highest BCUT2D eigenvalue weighted by molar-refractivity contribution is 7.92. The van der Waals surface area contributed by atoms with Gasteiger partial charge >= 0.3 is 0 Å². The Labute approximate surface area is 117 Å². The van der Waals surface area contributed by atoms with Gasteiger partial charge in [-0.2, -0.15) is 0 Å². The number of nitrogens with zero attached hydrogens (tertiary/aromatic N) is 1. The largest absolute Gasteiger partial charge is 0.394 e. The monoisotopic (exact) mass is 295 g/mol. The van der Waals surface area contributed by atoms with Crippen LogP contribution in [0.1, 0.15) is 0 Å². The maximum atomic E-state index is 13.7. The summed E-state index contributed by atoms with van der Waals surface area (Å²) in [6, 6.07) is 13.5. The van der Waals surface area contributed by atoms with E-state index in [0.29, 0.717) is 5.69 Å². The molecule has 2 rings (SSSR count). The van der Waals surface area contributed by atoms with E-state index in [4.69, 9.17) is 5.11 Å². The number of hydrogen-bond acceptors (Lipinski definition) is 3. The maximum absolute atomic E-state index is 13.7. The van der Waals surface area contributed by atoms with Crippen molar-refractivity contribution in [3.8, 4) is 0 Å². The Balaban J connectivity index is 2.52. The molecular weight excluding hydrogens is 281 g/mol. The van der Waals surface area contributed by atoms with Crippen molar-refractivity contribution in [3.63, 3.8) is 0 Å². The molecule has 0 saturated heterocycles. The van der Waals surface area contributed by atoms with Crippen LogP contribution in [0.4, 0.5) is 10.1 Å². The molecular formula is C14H14FNO3S. The van der Waals surface area contributed by atoms with Crippen molar-refractivity contribution in [2.24, 2.45) is 0 Å². The molecule has 0 atom stereocenters. The Hall–Kier alpha value is -1.92. The summed E-state index contributed by atoms with van der Waals surface area (Å²) in [6.45, 7) is -0.497. The Morgan fingerprint density at radius 1 is 1.00 bits per heavy atom. The van der Waals surface area contributed by atoms with Crippen molar-refractivity contribution in [1.82, 2.24) is 0 Å². The first-order valence-corrected chi connectivity index (χ1v) is 7.44. The van der Waals surface area contributed by atoms with Gasteiger partial charge < -0.3 is 5.11 Å². The fraction of sp³-hybridized carbons (Fsp3) is 0.143. The second-order valence-corrected chi connectivity index (χ2v) is 5.90. The number of rotatable bonds is 5. The summed E-state index contributed by atoms with van der Waals surface area (Å²) >= 11 is 0. The summed E-state index contributed by atoms with van der Waals surface area (Å²) in [5, 5.41) is 9.08. The van der Waals surface area contributed by atoms with Crippen LogP contribution in [-0.2, 0) is 10.0 Å². The van der Waals surface area contributed by atoms with E-state index >= 15 is 0 Å². The van der Waals surface area contributed by atoms with Gasteiger partial charge in [0.05, 0.1) is 18.8 Å². The molecule has 0 spiro atoms. The van der Waals surface area contributed by atoms with Crippen LogP contribution in [0, 0.1) is 5.82 Å². The van der Waals surface area contributed by atoms with E-state index < -0.39 is 20.7 Å². The first-order valence-electron chi connectivity index (χ1n) is 6.00. The van der Waals surface area contributed by atoms with Crippen molar-refractivity contribution in [3.05, 3.63) is 60.4 Å². The molecule has 2 aromatic carbocycles. The molecule has 0 fully saturated rings. The first kappa shape index (κ1) is 14.5. The van der Waals surface area contributed by atoms with Gasteiger partial charge in [-0.15, -0.1) is 0 Å². The van der Waals surface area contributed by atoms with E-state index in [-0.39, 0.29) is 13.2 Å². The zero-order chi connectivity index (χ0) is 14.6. The van der Waals surface area contributed by atoms with E-state index in [1.807, 2.05) is 0 Å². The lowest BCUT2D eigenvalue weighted by molar-refractivity contribution is 0.306. The molecule has 0 saturated carbocycles. The fourth-order valence-corrected chi connectivity index (χ4v) is 3.37. The van der Waals surface area contributed by atoms with Crippen molar-refractivity contribution >= 4 is 15.7 Å². The highest BCUT2D eigenvalue weighted by Gasteiger charge is 2.27. The zero-order valence-electron chi connectivity index (χ0n) is 10.6. The molecule has 106 valence electrons. The molecule has 0 bridgehead atoms. The number of halogens is 1. The van der Waals surface area contributed by atoms with Gasteiger partial charge in [-0.1, -0.05) is 30.3 Å². The summed E-state index contributed by atoms with van der Waals surface area (Å²) in [7, 11) is -4.05. The lowest BCUT2D eigenvalue weighted by atomic mass is 10.3. The Kier molecular flexibility index (Phi) is 4.36. The topological polar surface area (TPSA) is 57.6 Å². The fourth-order valence-electron chi connectivity index (χ4n) is 1.85. The molecule has 0 radical (unpaired) electrons. The van der Waals surface area contributed by atoms with Gasteiger partial charge in [0.2, 0.25) is 0 Å². The van der Waals surface area contributed by atoms with E-state index in [9.17, 15) is 12.8 Å². The molecule has 1 N–H and O–H groups in total. The quantitative estimate of drug-likeness (QED) is 0.918. The lowest BCUT2D eigenvalue weighted by Crippen LogP contribution is -2.34. The molecule has 0 aliphatic rings. The minimum Gasteiger partial charge on any atom is -0.394 e. The third-order valence-corrected chi connectivity index (χ3v) is 4.61. The van der Waals surface area contributed by atoms with Crippen molar-refractivity contribution in [2.75, 3.05) is 17.5 Å². The van der Waals surface area contributed by atoms with Gasteiger partial charge in [0, 0.05) is 0 Å². The van der Waals surface area contributed by atoms with Crippen LogP contribution in [0.5, 0.6) is 0 Å². The van der Waals surface area contributed by atoms with Crippen LogP contribution in [0.25, 0.3) is 0 Å². The Bertz CT molecular complexity index is 674. The second kappa shape index (κ2) is 6.02. The SMILES string of the molecule is O=S(=O)(c1ccccc1F)N(CCO)c1ccccc1. The van der Waals surface area contributed by atoms with Gasteiger partial charge in [0.15, 0.2) is 0 Å². The van der Waals surface area contributed by atoms with Gasteiger partial charge in [-0.25, -0.2) is 12.8 Å². The van der Waals surface area contributed by atoms with E-state index in [1.54, 1.807) is 30.3 Å². The third-order valence-electron chi connectivity index (χ3n) is 2.75. The molecule has 0 heterocycles. The number of sulfonamides is 1. The Morgan fingerprint density at radius 2 is 1.60 bits per heavy atom. The van der Waals surface area contributed by atoms with Crippen LogP contribution >= 0.6 is 0 Å². The van der Waals surface area contributed by atoms with Crippen molar-refractivity contribution < 1.29 is 17.9 Å². The molecule has 4 nitrogen and oxygen atoms in total. The van der Waals surface area contributed by atoms with Crippen LogP contribution in [0.15, 0.2) is 59.5 Å². The number of aliphatic hydroxyl groups is 1. The number of aliphatic hydroxyl groups excluding tert-OH is 1. The summed E-state index contributed by atoms with van der Waals surface area (Å²) in [4.78, 5) is -0.405. The van der Waals surface area contributed by atoms with Crippen molar-refractivity contribution in [1.29, 1.82) is 0 Å². The zero-order valence-corrected chi connectivity index (χ0v) is 11.4. The minimum absolute atomic E-state index is 0.138. The standard InChI is InChI=1S/C14H14FNO3S/c15-13-8-4-5-9-14(13)20(18,19)16(10-11-17)12-6-2-1-3-7-12/h1-9,17H,10-11H2. The van der Waals surface area contributed by atoms with E-state index in [1.165, 1.54) is 18.2 Å². The molecule has 2 aromatic rings. The van der Waals surface area contributed by atoms with Crippen LogP contribution < -0.4 is 4.31 Å². The van der Waals surface area contributed by atoms with Crippen LogP contribution in [0.3, 0.4) is 0 Å². The number of hydrogen-bond donors (Lipinski definition) is 1. The maximum Gasteiger partial charge on any atom is 0.267 e. The average molecular weight is 295 g/mol. The molecule has 6 heteroatoms. The molecule has 0 amide bonds. The summed E-state index contributed by atoms with van der Waals surface area (Å²) in [6.07, 6.45) is 0. The van der Waals surface area contributed by atoms with E-state index in [0.717, 1.165) is 10.4 Å². The van der Waals surface area contributed by atoms with Crippen LogP contribution in [0.2, 0.25) is 0 Å². The number of para-hydroxylation sites is 1. The molecule has 0 aromatic heterocycles. The average Bonchev–Trinajstić information content (AvgIpc) is 2.45. The lowest BCUT2D eigenvalue weighted by Gasteiger charge is -2.23. The molecule has 0 aliphatic carbocycles. The van der Waals surface area contributed by atoms with Crippen molar-refractivity contribution in [2.45, 2.75) is 4.90 Å². The highest BCUT2D eigenvalue weighted by atomic mass is 32.2. The predicted octanol–water partition coefficient (Wildman–Crippen LogP) is 2.01. The smallest absolute Gasteiger partial charge is 0.267 e. The third kappa shape index (κ3) is 2.81. The molecule has 0 aliphatic heterocycles. The number of benzene rings is 2. The number of anilines is 1. The van der Waals surface area contributed by atoms with Crippen LogP contribution in [-0.4, -0.2) is 26.7 Å². The van der Waals surface area contributed by atoms with Gasteiger partial charge in [-0.3, -0.25) is 4.31 Å². The van der Waals surface area contributed by atoms with E-state index in [2.05, 4.69) is 0 Å². The summed E-state index contributed by atoms with van der Waals surface area (Å²) < 4.78 is 39.8. The molecule has 20 heavy (non-hydrogen) atoms. The van der Waals surface area contributed by atoms with Gasteiger partial charge in [0.25, 0.3) is 10.0 Å². The summed E-state index contributed by atoms with van der Waals surface area (Å²) in [5.41, 5.74) is 0.379. The summed E-state index contributed by atoms with van der Waals surface area (Å²) in [5.74, 6) is -0.814. The Morgan fingerprint density at radius 3 is 2.20 bits per heavy atom. The first-order chi connectivity index (χ1) is 9.57. The normalized spacial score (nSPS) is 11.3.